The first kappa shape index (κ1) is 29.0. The Bertz CT molecular complexity index is 1300. The SMILES string of the molecule is Cc1cc(C2=NO[C@](c3cc(Cl)cc(C(F)(F)F)n3)(C(F)(F)F)C2)ccc1C(=O)NCC1CC(C(F)(F)F)C1. The smallest absolute Gasteiger partial charge is 0.372 e. The number of amides is 1. The lowest BCUT2D eigenvalue weighted by Gasteiger charge is -2.36. The number of pyridine rings is 1. The van der Waals surface area contributed by atoms with Crippen LogP contribution in [-0.4, -0.2) is 35.5 Å². The number of halogens is 10. The third kappa shape index (κ3) is 5.80. The lowest BCUT2D eigenvalue weighted by atomic mass is 9.74. The van der Waals surface area contributed by atoms with Crippen molar-refractivity contribution in [2.24, 2.45) is 17.0 Å². The summed E-state index contributed by atoms with van der Waals surface area (Å²) >= 11 is 5.66. The minimum atomic E-state index is -5.24. The Hall–Kier alpha value is -3.03. The average Bonchev–Trinajstić information content (AvgIpc) is 3.23. The summed E-state index contributed by atoms with van der Waals surface area (Å²) in [5.41, 5.74) is -5.78. The molecule has 1 aliphatic carbocycles. The fourth-order valence-electron chi connectivity index (χ4n) is 4.47. The molecule has 15 heteroatoms. The van der Waals surface area contributed by atoms with Crippen molar-refractivity contribution in [2.75, 3.05) is 6.54 Å². The van der Waals surface area contributed by atoms with E-state index in [1.54, 1.807) is 0 Å². The highest BCUT2D eigenvalue weighted by molar-refractivity contribution is 6.30. The molecule has 4 rings (SSSR count). The number of nitrogens with one attached hydrogen (secondary N) is 1. The second kappa shape index (κ2) is 9.86. The topological polar surface area (TPSA) is 63.6 Å². The van der Waals surface area contributed by atoms with Crippen LogP contribution in [0, 0.1) is 18.8 Å². The van der Waals surface area contributed by atoms with Gasteiger partial charge in [0, 0.05) is 17.1 Å². The summed E-state index contributed by atoms with van der Waals surface area (Å²) in [4.78, 5) is 20.4. The Balaban J connectivity index is 1.50. The minimum Gasteiger partial charge on any atom is -0.372 e. The molecule has 0 unspecified atom stereocenters. The summed E-state index contributed by atoms with van der Waals surface area (Å²) in [6.07, 6.45) is -15.8. The first-order valence-electron chi connectivity index (χ1n) is 11.4. The molecule has 0 bridgehead atoms. The van der Waals surface area contributed by atoms with Gasteiger partial charge in [-0.2, -0.15) is 39.5 Å². The van der Waals surface area contributed by atoms with Gasteiger partial charge in [-0.1, -0.05) is 22.8 Å². The van der Waals surface area contributed by atoms with Crippen molar-refractivity contribution in [3.8, 4) is 0 Å². The van der Waals surface area contributed by atoms with Crippen molar-refractivity contribution < 1.29 is 49.1 Å². The quantitative estimate of drug-likeness (QED) is 0.385. The van der Waals surface area contributed by atoms with E-state index in [1.807, 2.05) is 0 Å². The van der Waals surface area contributed by atoms with Gasteiger partial charge < -0.3 is 10.2 Å². The van der Waals surface area contributed by atoms with Crippen molar-refractivity contribution in [3.05, 3.63) is 63.4 Å². The largest absolute Gasteiger partial charge is 0.437 e. The molecule has 5 nitrogen and oxygen atoms in total. The number of aryl methyl sites for hydroxylation is 1. The predicted octanol–water partition coefficient (Wildman–Crippen LogP) is 6.96. The van der Waals surface area contributed by atoms with Gasteiger partial charge in [-0.3, -0.25) is 4.79 Å². The second-order valence-corrected chi connectivity index (χ2v) is 9.94. The molecule has 0 radical (unpaired) electrons. The van der Waals surface area contributed by atoms with Gasteiger partial charge >= 0.3 is 18.5 Å². The molecule has 1 amide bonds. The van der Waals surface area contributed by atoms with Gasteiger partial charge in [0.1, 0.15) is 5.69 Å². The number of oxime groups is 1. The summed E-state index contributed by atoms with van der Waals surface area (Å²) in [6, 6.07) is 4.94. The van der Waals surface area contributed by atoms with Gasteiger partial charge in [-0.25, -0.2) is 4.98 Å². The molecule has 1 N–H and O–H groups in total. The van der Waals surface area contributed by atoms with E-state index < -0.39 is 58.8 Å². The number of hydrogen-bond acceptors (Lipinski definition) is 4. The summed E-state index contributed by atoms with van der Waals surface area (Å²) in [7, 11) is 0. The zero-order chi connectivity index (χ0) is 29.0. The number of hydrogen-bond donors (Lipinski definition) is 1. The molecular weight excluding hydrogens is 569 g/mol. The van der Waals surface area contributed by atoms with Gasteiger partial charge in [0.15, 0.2) is 0 Å². The van der Waals surface area contributed by atoms with Crippen molar-refractivity contribution >= 4 is 23.2 Å². The van der Waals surface area contributed by atoms with Crippen LogP contribution >= 0.6 is 11.6 Å². The number of benzene rings is 1. The molecule has 212 valence electrons. The van der Waals surface area contributed by atoms with Gasteiger partial charge in [-0.15, -0.1) is 0 Å². The number of carbonyl (C=O) groups is 1. The van der Waals surface area contributed by atoms with Crippen molar-refractivity contribution in [1.29, 1.82) is 0 Å². The van der Waals surface area contributed by atoms with E-state index in [0.29, 0.717) is 17.7 Å². The van der Waals surface area contributed by atoms with Crippen LogP contribution in [0.4, 0.5) is 39.5 Å². The molecule has 1 aliphatic heterocycles. The molecule has 0 saturated heterocycles. The predicted molar refractivity (Wildman–Crippen MR) is 120 cm³/mol. The first-order valence-corrected chi connectivity index (χ1v) is 11.8. The molecule has 2 aromatic rings. The van der Waals surface area contributed by atoms with Gasteiger partial charge in [0.05, 0.1) is 23.7 Å². The molecule has 1 aromatic heterocycles. The third-order valence-corrected chi connectivity index (χ3v) is 6.95. The number of rotatable bonds is 5. The van der Waals surface area contributed by atoms with Crippen LogP contribution in [0.5, 0.6) is 0 Å². The molecule has 0 spiro atoms. The van der Waals surface area contributed by atoms with E-state index in [2.05, 4.69) is 15.5 Å². The van der Waals surface area contributed by atoms with Gasteiger partial charge in [-0.05, 0) is 61.1 Å². The Morgan fingerprint density at radius 1 is 1.08 bits per heavy atom. The number of aromatic nitrogens is 1. The molecular formula is C24H19ClF9N3O2. The Kier molecular flexibility index (Phi) is 7.32. The zero-order valence-electron chi connectivity index (χ0n) is 19.9. The normalized spacial score (nSPS) is 23.6. The molecule has 2 aliphatic rings. The Labute approximate surface area is 220 Å². The maximum atomic E-state index is 14.2. The number of alkyl halides is 9. The van der Waals surface area contributed by atoms with Crippen molar-refractivity contribution in [1.82, 2.24) is 10.3 Å². The maximum absolute atomic E-state index is 14.2. The lowest BCUT2D eigenvalue weighted by molar-refractivity contribution is -0.277. The second-order valence-electron chi connectivity index (χ2n) is 9.50. The van der Waals surface area contributed by atoms with Gasteiger partial charge in [0.25, 0.3) is 11.5 Å². The van der Waals surface area contributed by atoms with E-state index >= 15 is 0 Å². The highest BCUT2D eigenvalue weighted by atomic mass is 35.5. The molecule has 1 atom stereocenters. The number of nitrogens with zero attached hydrogens (tertiary/aromatic N) is 2. The van der Waals surface area contributed by atoms with E-state index in [4.69, 9.17) is 16.4 Å². The third-order valence-electron chi connectivity index (χ3n) is 6.73. The summed E-state index contributed by atoms with van der Waals surface area (Å²) < 4.78 is 120. The maximum Gasteiger partial charge on any atom is 0.437 e. The molecule has 2 heterocycles. The Morgan fingerprint density at radius 2 is 1.74 bits per heavy atom. The lowest BCUT2D eigenvalue weighted by Crippen LogP contribution is -2.43. The monoisotopic (exact) mass is 587 g/mol. The van der Waals surface area contributed by atoms with E-state index in [9.17, 15) is 44.3 Å². The Morgan fingerprint density at radius 3 is 2.31 bits per heavy atom. The molecule has 1 fully saturated rings. The van der Waals surface area contributed by atoms with Gasteiger partial charge in [0.2, 0.25) is 0 Å². The van der Waals surface area contributed by atoms with Crippen LogP contribution in [0.3, 0.4) is 0 Å². The van der Waals surface area contributed by atoms with E-state index in [-0.39, 0.29) is 42.1 Å². The standard InChI is InChI=1S/C24H19ClF9N3O2/c1-11-4-13(2-3-16(11)20(38)35-10-12-5-14(6-12)22(26,27)28)17-9-21(39-37-17,24(32,33)34)18-7-15(25)8-19(36-18)23(29,30)31/h2-4,7-8,12,14H,5-6,9-10H2,1H3,(H,35,38)/t12?,14?,21-/m1/s1. The van der Waals surface area contributed by atoms with Crippen molar-refractivity contribution in [3.63, 3.8) is 0 Å². The number of carbonyl (C=O) groups excluding carboxylic acids is 1. The highest BCUT2D eigenvalue weighted by Crippen LogP contribution is 2.49. The molecule has 39 heavy (non-hydrogen) atoms. The van der Waals surface area contributed by atoms with E-state index in [0.717, 1.165) is 0 Å². The van der Waals surface area contributed by atoms with Crippen LogP contribution in [0.2, 0.25) is 5.02 Å². The molecule has 1 aromatic carbocycles. The van der Waals surface area contributed by atoms with Crippen LogP contribution in [0.1, 0.15) is 52.1 Å². The summed E-state index contributed by atoms with van der Waals surface area (Å²) in [5, 5.41) is 5.41. The summed E-state index contributed by atoms with van der Waals surface area (Å²) in [6.45, 7) is 1.52. The zero-order valence-corrected chi connectivity index (χ0v) is 20.6. The van der Waals surface area contributed by atoms with Crippen LogP contribution in [0.25, 0.3) is 0 Å². The minimum absolute atomic E-state index is 0.0355. The van der Waals surface area contributed by atoms with E-state index in [1.165, 1.54) is 25.1 Å². The van der Waals surface area contributed by atoms with Crippen LogP contribution < -0.4 is 5.32 Å². The average molecular weight is 588 g/mol. The van der Waals surface area contributed by atoms with Crippen LogP contribution in [-0.2, 0) is 16.6 Å². The summed E-state index contributed by atoms with van der Waals surface area (Å²) in [5.74, 6) is -2.29. The first-order chi connectivity index (χ1) is 17.9. The molecule has 1 saturated carbocycles. The fraction of sp³-hybridized carbons (Fsp3) is 0.458. The van der Waals surface area contributed by atoms with Crippen LogP contribution in [0.15, 0.2) is 35.5 Å². The highest BCUT2D eigenvalue weighted by Gasteiger charge is 2.64. The fourth-order valence-corrected chi connectivity index (χ4v) is 4.68. The van der Waals surface area contributed by atoms with Crippen molar-refractivity contribution in [2.45, 2.75) is 50.3 Å².